The quantitative estimate of drug-likeness (QED) is 0.831. The highest BCUT2D eigenvalue weighted by molar-refractivity contribution is 5.95. The third-order valence-corrected chi connectivity index (χ3v) is 3.13. The zero-order chi connectivity index (χ0) is 13.8. The van der Waals surface area contributed by atoms with Crippen LogP contribution < -0.4 is 14.8 Å². The number of carbonyl (C=O) groups is 1. The second kappa shape index (κ2) is 5.79. The first-order valence-corrected chi connectivity index (χ1v) is 6.12. The summed E-state index contributed by atoms with van der Waals surface area (Å²) in [6, 6.07) is 3.06. The van der Waals surface area contributed by atoms with Gasteiger partial charge in [0.2, 0.25) is 5.75 Å². The Hall–Kier alpha value is -1.95. The van der Waals surface area contributed by atoms with E-state index in [1.165, 1.54) is 26.4 Å². The number of phenolic OH excluding ortho intramolecular Hbond substituents is 1. The monoisotopic (exact) mass is 266 g/mol. The van der Waals surface area contributed by atoms with Crippen molar-refractivity contribution < 1.29 is 19.4 Å². The number of nitrogens with zero attached hydrogens (tertiary/aromatic N) is 1. The Morgan fingerprint density at radius 3 is 2.21 bits per heavy atom. The maximum absolute atomic E-state index is 12.4. The van der Waals surface area contributed by atoms with E-state index in [2.05, 4.69) is 5.32 Å². The van der Waals surface area contributed by atoms with Gasteiger partial charge < -0.3 is 24.8 Å². The third-order valence-electron chi connectivity index (χ3n) is 3.13. The van der Waals surface area contributed by atoms with Gasteiger partial charge in [-0.1, -0.05) is 0 Å². The lowest BCUT2D eigenvalue weighted by atomic mass is 10.1. The lowest BCUT2D eigenvalue weighted by Crippen LogP contribution is -2.46. The molecule has 1 aromatic carbocycles. The minimum atomic E-state index is -0.0955. The van der Waals surface area contributed by atoms with E-state index in [4.69, 9.17) is 9.47 Å². The number of rotatable bonds is 3. The number of hydrogen-bond donors (Lipinski definition) is 2. The van der Waals surface area contributed by atoms with Gasteiger partial charge in [-0.15, -0.1) is 0 Å². The van der Waals surface area contributed by atoms with Crippen LogP contribution in [0.5, 0.6) is 17.2 Å². The fourth-order valence-corrected chi connectivity index (χ4v) is 2.07. The van der Waals surface area contributed by atoms with Crippen LogP contribution in [0.4, 0.5) is 0 Å². The van der Waals surface area contributed by atoms with Crippen molar-refractivity contribution in [3.8, 4) is 17.2 Å². The predicted octanol–water partition coefficient (Wildman–Crippen LogP) is 0.455. The van der Waals surface area contributed by atoms with Crippen LogP contribution in [0.3, 0.4) is 0 Å². The Kier molecular flexibility index (Phi) is 4.11. The van der Waals surface area contributed by atoms with Crippen LogP contribution in [0, 0.1) is 0 Å². The Labute approximate surface area is 111 Å². The molecular formula is C13H18N2O4. The number of ether oxygens (including phenoxy) is 2. The molecule has 0 radical (unpaired) electrons. The number of aromatic hydroxyl groups is 1. The Morgan fingerprint density at radius 1 is 1.21 bits per heavy atom. The van der Waals surface area contributed by atoms with Gasteiger partial charge in [0.05, 0.1) is 14.2 Å². The minimum Gasteiger partial charge on any atom is -0.502 e. The SMILES string of the molecule is COc1cc(C(=O)N2CCNCC2)cc(OC)c1O. The van der Waals surface area contributed by atoms with Gasteiger partial charge in [-0.25, -0.2) is 0 Å². The summed E-state index contributed by atoms with van der Waals surface area (Å²) in [6.45, 7) is 2.92. The molecule has 0 unspecified atom stereocenters. The number of methoxy groups -OCH3 is 2. The number of nitrogens with one attached hydrogen (secondary N) is 1. The highest BCUT2D eigenvalue weighted by Crippen LogP contribution is 2.37. The Balaban J connectivity index is 2.30. The number of phenols is 1. The van der Waals surface area contributed by atoms with Crippen molar-refractivity contribution in [1.82, 2.24) is 10.2 Å². The van der Waals surface area contributed by atoms with Gasteiger partial charge in [-0.2, -0.15) is 0 Å². The first-order valence-electron chi connectivity index (χ1n) is 6.12. The minimum absolute atomic E-state index is 0.0851. The zero-order valence-corrected chi connectivity index (χ0v) is 11.1. The van der Waals surface area contributed by atoms with Crippen LogP contribution in [-0.2, 0) is 0 Å². The van der Waals surface area contributed by atoms with E-state index in [1.54, 1.807) is 4.90 Å². The van der Waals surface area contributed by atoms with E-state index in [9.17, 15) is 9.90 Å². The van der Waals surface area contributed by atoms with Gasteiger partial charge in [-0.3, -0.25) is 4.79 Å². The van der Waals surface area contributed by atoms with Gasteiger partial charge >= 0.3 is 0 Å². The smallest absolute Gasteiger partial charge is 0.254 e. The number of benzene rings is 1. The summed E-state index contributed by atoms with van der Waals surface area (Å²) in [6.07, 6.45) is 0. The molecule has 2 N–H and O–H groups in total. The predicted molar refractivity (Wildman–Crippen MR) is 70.0 cm³/mol. The Morgan fingerprint density at radius 2 is 1.74 bits per heavy atom. The van der Waals surface area contributed by atoms with Crippen molar-refractivity contribution in [2.75, 3.05) is 40.4 Å². The van der Waals surface area contributed by atoms with Crippen LogP contribution in [0.1, 0.15) is 10.4 Å². The molecule has 1 aliphatic rings. The summed E-state index contributed by atoms with van der Waals surface area (Å²) in [5, 5.41) is 13.0. The molecule has 6 heteroatoms. The molecule has 1 amide bonds. The summed E-state index contributed by atoms with van der Waals surface area (Å²) in [4.78, 5) is 14.1. The normalized spacial score (nSPS) is 15.2. The summed E-state index contributed by atoms with van der Waals surface area (Å²) in [7, 11) is 2.88. The maximum atomic E-state index is 12.4. The van der Waals surface area contributed by atoms with E-state index in [0.29, 0.717) is 18.7 Å². The molecule has 0 aromatic heterocycles. The van der Waals surface area contributed by atoms with Crippen molar-refractivity contribution in [2.24, 2.45) is 0 Å². The third kappa shape index (κ3) is 2.73. The molecular weight excluding hydrogens is 248 g/mol. The average Bonchev–Trinajstić information content (AvgIpc) is 2.47. The second-order valence-electron chi connectivity index (χ2n) is 4.27. The molecule has 6 nitrogen and oxygen atoms in total. The molecule has 1 aliphatic heterocycles. The molecule has 1 aromatic rings. The van der Waals surface area contributed by atoms with Gasteiger partial charge in [0.15, 0.2) is 11.5 Å². The summed E-state index contributed by atoms with van der Waals surface area (Å²) in [5.41, 5.74) is 0.452. The van der Waals surface area contributed by atoms with Crippen molar-refractivity contribution >= 4 is 5.91 Å². The molecule has 0 aliphatic carbocycles. The van der Waals surface area contributed by atoms with Crippen molar-refractivity contribution in [3.63, 3.8) is 0 Å². The highest BCUT2D eigenvalue weighted by atomic mass is 16.5. The number of piperazine rings is 1. The number of hydrogen-bond acceptors (Lipinski definition) is 5. The molecule has 1 heterocycles. The van der Waals surface area contributed by atoms with Crippen LogP contribution in [0.2, 0.25) is 0 Å². The molecule has 19 heavy (non-hydrogen) atoms. The van der Waals surface area contributed by atoms with Gasteiger partial charge in [0.25, 0.3) is 5.91 Å². The molecule has 104 valence electrons. The fourth-order valence-electron chi connectivity index (χ4n) is 2.07. The van der Waals surface area contributed by atoms with E-state index >= 15 is 0 Å². The maximum Gasteiger partial charge on any atom is 0.254 e. The number of carbonyl (C=O) groups excluding carboxylic acids is 1. The molecule has 1 fully saturated rings. The van der Waals surface area contributed by atoms with Crippen molar-refractivity contribution in [2.45, 2.75) is 0 Å². The van der Waals surface area contributed by atoms with Crippen molar-refractivity contribution in [1.29, 1.82) is 0 Å². The largest absolute Gasteiger partial charge is 0.502 e. The van der Waals surface area contributed by atoms with Crippen LogP contribution >= 0.6 is 0 Å². The summed E-state index contributed by atoms with van der Waals surface area (Å²) < 4.78 is 10.1. The van der Waals surface area contributed by atoms with Crippen molar-refractivity contribution in [3.05, 3.63) is 17.7 Å². The molecule has 0 saturated carbocycles. The second-order valence-corrected chi connectivity index (χ2v) is 4.27. The lowest BCUT2D eigenvalue weighted by molar-refractivity contribution is 0.0735. The molecule has 0 bridgehead atoms. The fraction of sp³-hybridized carbons (Fsp3) is 0.462. The topological polar surface area (TPSA) is 71.0 Å². The molecule has 1 saturated heterocycles. The molecule has 2 rings (SSSR count). The van der Waals surface area contributed by atoms with Crippen LogP contribution in [0.25, 0.3) is 0 Å². The zero-order valence-electron chi connectivity index (χ0n) is 11.1. The van der Waals surface area contributed by atoms with Gasteiger partial charge in [0.1, 0.15) is 0 Å². The number of amides is 1. The first-order chi connectivity index (χ1) is 9.17. The van der Waals surface area contributed by atoms with Crippen LogP contribution in [-0.4, -0.2) is 56.3 Å². The van der Waals surface area contributed by atoms with E-state index in [0.717, 1.165) is 13.1 Å². The van der Waals surface area contributed by atoms with Gasteiger partial charge in [-0.05, 0) is 12.1 Å². The molecule has 0 atom stereocenters. The van der Waals surface area contributed by atoms with E-state index in [1.807, 2.05) is 0 Å². The Bertz CT molecular complexity index is 445. The van der Waals surface area contributed by atoms with Crippen LogP contribution in [0.15, 0.2) is 12.1 Å². The highest BCUT2D eigenvalue weighted by Gasteiger charge is 2.21. The van der Waals surface area contributed by atoms with Gasteiger partial charge in [0, 0.05) is 31.7 Å². The lowest BCUT2D eigenvalue weighted by Gasteiger charge is -2.27. The standard InChI is InChI=1S/C13H18N2O4/c1-18-10-7-9(8-11(19-2)12(10)16)13(17)15-5-3-14-4-6-15/h7-8,14,16H,3-6H2,1-2H3. The summed E-state index contributed by atoms with van der Waals surface area (Å²) in [5.74, 6) is 0.288. The molecule has 0 spiro atoms. The summed E-state index contributed by atoms with van der Waals surface area (Å²) >= 11 is 0. The van der Waals surface area contributed by atoms with E-state index < -0.39 is 0 Å². The van der Waals surface area contributed by atoms with E-state index in [-0.39, 0.29) is 23.2 Å². The average molecular weight is 266 g/mol. The first kappa shape index (κ1) is 13.5.